The van der Waals surface area contributed by atoms with Crippen LogP contribution in [0.1, 0.15) is 19.3 Å². The smallest absolute Gasteiger partial charge is 0.0230 e. The molecule has 2 rings (SSSR count). The summed E-state index contributed by atoms with van der Waals surface area (Å²) in [6.07, 6.45) is 10.2. The van der Waals surface area contributed by atoms with Crippen molar-refractivity contribution in [3.05, 3.63) is 12.3 Å². The summed E-state index contributed by atoms with van der Waals surface area (Å²) >= 11 is 0. The Hall–Kier alpha value is -0.630. The van der Waals surface area contributed by atoms with Gasteiger partial charge in [0.2, 0.25) is 0 Å². The number of hydrogen-bond donors (Lipinski definition) is 1. The molecule has 0 saturated carbocycles. The van der Waals surface area contributed by atoms with Crippen molar-refractivity contribution < 1.29 is 0 Å². The Morgan fingerprint density at radius 2 is 2.50 bits per heavy atom. The van der Waals surface area contributed by atoms with Gasteiger partial charge in [0.15, 0.2) is 0 Å². The van der Waals surface area contributed by atoms with Gasteiger partial charge in [0.05, 0.1) is 0 Å². The van der Waals surface area contributed by atoms with Gasteiger partial charge in [-0.2, -0.15) is 0 Å². The zero-order chi connectivity index (χ0) is 8.23. The van der Waals surface area contributed by atoms with Crippen LogP contribution in [0, 0.1) is 11.8 Å². The molecule has 66 valence electrons. The Balaban J connectivity index is 1.77. The van der Waals surface area contributed by atoms with Crippen LogP contribution < -0.4 is 5.32 Å². The molecule has 2 nitrogen and oxygen atoms in total. The van der Waals surface area contributed by atoms with Gasteiger partial charge in [-0.1, -0.05) is 6.08 Å². The van der Waals surface area contributed by atoms with Gasteiger partial charge >= 0.3 is 0 Å². The molecule has 1 N–H and O–H groups in total. The minimum absolute atomic E-state index is 0.620. The Labute approximate surface area is 73.8 Å². The van der Waals surface area contributed by atoms with Gasteiger partial charge in [-0.25, -0.2) is 0 Å². The molecular formula is C10H16N2. The quantitative estimate of drug-likeness (QED) is 0.658. The topological polar surface area (TPSA) is 24.4 Å². The van der Waals surface area contributed by atoms with Crippen LogP contribution in [-0.2, 0) is 0 Å². The van der Waals surface area contributed by atoms with Crippen molar-refractivity contribution in [2.24, 2.45) is 16.8 Å². The van der Waals surface area contributed by atoms with E-state index in [1.165, 1.54) is 32.4 Å². The summed E-state index contributed by atoms with van der Waals surface area (Å²) in [5, 5.41) is 3.44. The molecule has 12 heavy (non-hydrogen) atoms. The molecule has 0 radical (unpaired) electrons. The summed E-state index contributed by atoms with van der Waals surface area (Å²) < 4.78 is 0. The third kappa shape index (κ3) is 1.95. The molecule has 2 aliphatic heterocycles. The van der Waals surface area contributed by atoms with Gasteiger partial charge in [0, 0.05) is 18.3 Å². The summed E-state index contributed by atoms with van der Waals surface area (Å²) in [7, 11) is 0. The van der Waals surface area contributed by atoms with E-state index in [0.29, 0.717) is 5.92 Å². The summed E-state index contributed by atoms with van der Waals surface area (Å²) in [6, 6.07) is 0. The highest BCUT2D eigenvalue weighted by molar-refractivity contribution is 5.66. The standard InChI is InChI=1S/C10H16N2/c1-2-9(7-11-4-1)6-10-3-5-12-8-10/h3,5,8-11H,1-2,4,6-7H2. The molecule has 0 amide bonds. The number of piperidine rings is 1. The third-order valence-corrected chi connectivity index (χ3v) is 2.70. The van der Waals surface area contributed by atoms with E-state index in [4.69, 9.17) is 0 Å². The summed E-state index contributed by atoms with van der Waals surface area (Å²) in [6.45, 7) is 2.42. The lowest BCUT2D eigenvalue weighted by Gasteiger charge is -2.23. The first-order chi connectivity index (χ1) is 5.95. The van der Waals surface area contributed by atoms with Crippen LogP contribution in [0.3, 0.4) is 0 Å². The molecular weight excluding hydrogens is 148 g/mol. The van der Waals surface area contributed by atoms with Crippen molar-refractivity contribution >= 4 is 6.21 Å². The van der Waals surface area contributed by atoms with Crippen LogP contribution in [0.15, 0.2) is 17.3 Å². The molecule has 2 heterocycles. The molecule has 2 heteroatoms. The third-order valence-electron chi connectivity index (χ3n) is 2.70. The van der Waals surface area contributed by atoms with Gasteiger partial charge in [0.25, 0.3) is 0 Å². The first-order valence-corrected chi connectivity index (χ1v) is 4.86. The number of nitrogens with one attached hydrogen (secondary N) is 1. The van der Waals surface area contributed by atoms with E-state index < -0.39 is 0 Å². The number of hydrogen-bond acceptors (Lipinski definition) is 2. The molecule has 2 aliphatic rings. The summed E-state index contributed by atoms with van der Waals surface area (Å²) in [4.78, 5) is 4.10. The lowest BCUT2D eigenvalue weighted by molar-refractivity contribution is 0.348. The van der Waals surface area contributed by atoms with Crippen LogP contribution in [0.2, 0.25) is 0 Å². The molecule has 0 aromatic rings. The predicted octanol–water partition coefficient (Wildman–Crippen LogP) is 1.59. The second-order valence-electron chi connectivity index (χ2n) is 3.75. The van der Waals surface area contributed by atoms with Crippen LogP contribution in [0.25, 0.3) is 0 Å². The fourth-order valence-electron chi connectivity index (χ4n) is 2.02. The van der Waals surface area contributed by atoms with Gasteiger partial charge in [-0.3, -0.25) is 4.99 Å². The molecule has 1 fully saturated rings. The van der Waals surface area contributed by atoms with Crippen LogP contribution >= 0.6 is 0 Å². The van der Waals surface area contributed by atoms with E-state index in [9.17, 15) is 0 Å². The van der Waals surface area contributed by atoms with E-state index >= 15 is 0 Å². The van der Waals surface area contributed by atoms with Gasteiger partial charge < -0.3 is 5.32 Å². The van der Waals surface area contributed by atoms with Crippen LogP contribution in [0.5, 0.6) is 0 Å². The Kier molecular flexibility index (Phi) is 2.57. The highest BCUT2D eigenvalue weighted by Crippen LogP contribution is 2.20. The van der Waals surface area contributed by atoms with Gasteiger partial charge in [-0.05, 0) is 38.3 Å². The van der Waals surface area contributed by atoms with Crippen molar-refractivity contribution in [2.45, 2.75) is 19.3 Å². The van der Waals surface area contributed by atoms with E-state index in [1.807, 2.05) is 6.20 Å². The Bertz CT molecular complexity index is 178. The first-order valence-electron chi connectivity index (χ1n) is 4.86. The molecule has 0 aromatic carbocycles. The maximum absolute atomic E-state index is 4.10. The van der Waals surface area contributed by atoms with E-state index in [-0.39, 0.29) is 0 Å². The average Bonchev–Trinajstić information content (AvgIpc) is 2.59. The number of aliphatic imine (C=N–C) groups is 1. The Morgan fingerprint density at radius 1 is 1.50 bits per heavy atom. The zero-order valence-corrected chi connectivity index (χ0v) is 7.37. The molecule has 1 saturated heterocycles. The Morgan fingerprint density at radius 3 is 3.17 bits per heavy atom. The van der Waals surface area contributed by atoms with E-state index in [1.54, 1.807) is 0 Å². The van der Waals surface area contributed by atoms with Crippen LogP contribution in [-0.4, -0.2) is 19.3 Å². The largest absolute Gasteiger partial charge is 0.316 e. The second kappa shape index (κ2) is 3.85. The SMILES string of the molecule is C1=CC(CC2CCCNC2)C=N1. The van der Waals surface area contributed by atoms with Gasteiger partial charge in [-0.15, -0.1) is 0 Å². The predicted molar refractivity (Wildman–Crippen MR) is 51.3 cm³/mol. The molecule has 2 unspecified atom stereocenters. The molecule has 0 aromatic heterocycles. The molecule has 0 aliphatic carbocycles. The fraction of sp³-hybridized carbons (Fsp3) is 0.700. The maximum Gasteiger partial charge on any atom is 0.0230 e. The minimum Gasteiger partial charge on any atom is -0.316 e. The lowest BCUT2D eigenvalue weighted by atomic mass is 9.90. The highest BCUT2D eigenvalue weighted by Gasteiger charge is 2.16. The van der Waals surface area contributed by atoms with Crippen molar-refractivity contribution in [3.63, 3.8) is 0 Å². The van der Waals surface area contributed by atoms with Crippen LogP contribution in [0.4, 0.5) is 0 Å². The minimum atomic E-state index is 0.620. The number of allylic oxidation sites excluding steroid dienone is 1. The van der Waals surface area contributed by atoms with Crippen molar-refractivity contribution in [1.82, 2.24) is 5.32 Å². The van der Waals surface area contributed by atoms with Crippen molar-refractivity contribution in [1.29, 1.82) is 0 Å². The maximum atomic E-state index is 4.10. The second-order valence-corrected chi connectivity index (χ2v) is 3.75. The fourth-order valence-corrected chi connectivity index (χ4v) is 2.02. The van der Waals surface area contributed by atoms with Crippen molar-refractivity contribution in [2.75, 3.05) is 13.1 Å². The molecule has 2 atom stereocenters. The van der Waals surface area contributed by atoms with Gasteiger partial charge in [0.1, 0.15) is 0 Å². The number of nitrogens with zero attached hydrogens (tertiary/aromatic N) is 1. The van der Waals surface area contributed by atoms with E-state index in [0.717, 1.165) is 5.92 Å². The summed E-state index contributed by atoms with van der Waals surface area (Å²) in [5.74, 6) is 1.49. The normalized spacial score (nSPS) is 34.3. The number of rotatable bonds is 2. The molecule has 0 spiro atoms. The zero-order valence-electron chi connectivity index (χ0n) is 7.37. The monoisotopic (exact) mass is 164 g/mol. The van der Waals surface area contributed by atoms with E-state index in [2.05, 4.69) is 22.6 Å². The molecule has 0 bridgehead atoms. The summed E-state index contributed by atoms with van der Waals surface area (Å²) in [5.41, 5.74) is 0. The van der Waals surface area contributed by atoms with Crippen molar-refractivity contribution in [3.8, 4) is 0 Å². The average molecular weight is 164 g/mol. The first kappa shape index (κ1) is 7.99. The highest BCUT2D eigenvalue weighted by atomic mass is 14.9. The lowest BCUT2D eigenvalue weighted by Crippen LogP contribution is -2.30.